The van der Waals surface area contributed by atoms with Gasteiger partial charge in [-0.15, -0.1) is 0 Å². The lowest BCUT2D eigenvalue weighted by Crippen LogP contribution is -2.70. The highest BCUT2D eigenvalue weighted by Gasteiger charge is 2.62. The highest BCUT2D eigenvalue weighted by atomic mass is 16.5. The summed E-state index contributed by atoms with van der Waals surface area (Å²) < 4.78 is 11.5. The van der Waals surface area contributed by atoms with Gasteiger partial charge in [0.1, 0.15) is 18.1 Å². The molecule has 2 aliphatic rings. The second kappa shape index (κ2) is 8.13. The van der Waals surface area contributed by atoms with E-state index in [-0.39, 0.29) is 37.3 Å². The molecule has 1 unspecified atom stereocenters. The van der Waals surface area contributed by atoms with Crippen LogP contribution in [-0.2, 0) is 20.9 Å². The van der Waals surface area contributed by atoms with Gasteiger partial charge < -0.3 is 14.1 Å². The van der Waals surface area contributed by atoms with Gasteiger partial charge in [0.2, 0.25) is 17.5 Å². The third-order valence-electron chi connectivity index (χ3n) is 6.40. The first kappa shape index (κ1) is 21.9. The van der Waals surface area contributed by atoms with E-state index in [1.165, 1.54) is 9.80 Å². The van der Waals surface area contributed by atoms with Gasteiger partial charge in [-0.05, 0) is 45.0 Å². The lowest BCUT2D eigenvalue weighted by atomic mass is 9.95. The Hall–Kier alpha value is -3.94. The minimum atomic E-state index is -1.53. The van der Waals surface area contributed by atoms with Crippen molar-refractivity contribution in [3.8, 4) is 11.5 Å². The summed E-state index contributed by atoms with van der Waals surface area (Å²) in [7, 11) is 0. The van der Waals surface area contributed by atoms with Crippen molar-refractivity contribution in [2.75, 3.05) is 4.90 Å². The van der Waals surface area contributed by atoms with E-state index in [2.05, 4.69) is 4.98 Å². The van der Waals surface area contributed by atoms with E-state index in [0.717, 1.165) is 5.56 Å². The summed E-state index contributed by atoms with van der Waals surface area (Å²) in [5, 5.41) is 0. The first-order chi connectivity index (χ1) is 16.3. The Morgan fingerprint density at radius 3 is 2.56 bits per heavy atom. The Labute approximate surface area is 197 Å². The maximum atomic E-state index is 13.7. The number of para-hydroxylation sites is 1. The van der Waals surface area contributed by atoms with Gasteiger partial charge in [0, 0.05) is 24.4 Å². The molecule has 1 atom stereocenters. The number of aromatic nitrogens is 1. The molecule has 8 nitrogen and oxygen atoms in total. The number of nitrogens with zero attached hydrogens (tertiary/aromatic N) is 3. The number of hydrogen-bond acceptors (Lipinski definition) is 6. The van der Waals surface area contributed by atoms with E-state index in [9.17, 15) is 14.4 Å². The van der Waals surface area contributed by atoms with Crippen LogP contribution in [0.5, 0.6) is 0 Å². The van der Waals surface area contributed by atoms with Crippen LogP contribution >= 0.6 is 0 Å². The minimum Gasteiger partial charge on any atom is -0.456 e. The number of fused-ring (bicyclic) bond motifs is 3. The molecule has 174 valence electrons. The van der Waals surface area contributed by atoms with Gasteiger partial charge in [-0.2, -0.15) is 0 Å². The molecule has 34 heavy (non-hydrogen) atoms. The molecule has 1 fully saturated rings. The van der Waals surface area contributed by atoms with Crippen LogP contribution in [0.4, 0.5) is 5.69 Å². The molecule has 0 saturated carbocycles. The van der Waals surface area contributed by atoms with Crippen molar-refractivity contribution in [1.29, 1.82) is 0 Å². The van der Waals surface area contributed by atoms with Crippen molar-refractivity contribution in [2.24, 2.45) is 0 Å². The Balaban J connectivity index is 1.48. The third kappa shape index (κ3) is 3.21. The van der Waals surface area contributed by atoms with E-state index in [1.807, 2.05) is 44.2 Å². The summed E-state index contributed by atoms with van der Waals surface area (Å²) in [5.74, 6) is -0.192. The van der Waals surface area contributed by atoms with E-state index >= 15 is 0 Å². The summed E-state index contributed by atoms with van der Waals surface area (Å²) in [5.41, 5.74) is 0.604. The molecular formula is C26H25N3O5. The number of oxazole rings is 1. The normalized spacial score (nSPS) is 19.4. The average molecular weight is 460 g/mol. The van der Waals surface area contributed by atoms with Crippen LogP contribution in [-0.4, -0.2) is 39.4 Å². The average Bonchev–Trinajstić information content (AvgIpc) is 3.38. The second-order valence-corrected chi connectivity index (χ2v) is 8.80. The summed E-state index contributed by atoms with van der Waals surface area (Å²) in [6, 6.07) is 16.0. The maximum absolute atomic E-state index is 13.7. The van der Waals surface area contributed by atoms with Crippen LogP contribution in [0.2, 0.25) is 0 Å². The molecule has 0 radical (unpaired) electrons. The Kier molecular flexibility index (Phi) is 5.23. The number of rotatable bonds is 5. The number of aryl methyl sites for hydroxylation is 1. The zero-order valence-electron chi connectivity index (χ0n) is 19.3. The van der Waals surface area contributed by atoms with Gasteiger partial charge in [-0.1, -0.05) is 30.3 Å². The Bertz CT molecular complexity index is 1280. The predicted octanol–water partition coefficient (Wildman–Crippen LogP) is 4.08. The molecule has 2 aromatic carbocycles. The number of ether oxygens (including phenoxy) is 1. The van der Waals surface area contributed by atoms with E-state index in [0.29, 0.717) is 28.6 Å². The molecule has 0 aliphatic carbocycles. The van der Waals surface area contributed by atoms with Crippen LogP contribution in [0, 0.1) is 6.92 Å². The molecule has 2 aliphatic heterocycles. The quantitative estimate of drug-likeness (QED) is 0.534. The number of benzene rings is 2. The second-order valence-electron chi connectivity index (χ2n) is 8.80. The van der Waals surface area contributed by atoms with Crippen molar-refractivity contribution in [2.45, 2.75) is 51.9 Å². The van der Waals surface area contributed by atoms with Gasteiger partial charge in [-0.3, -0.25) is 14.5 Å². The molecule has 2 amide bonds. The number of anilines is 1. The minimum absolute atomic E-state index is 0.132. The van der Waals surface area contributed by atoms with Crippen LogP contribution in [0.1, 0.15) is 48.5 Å². The first-order valence-corrected chi connectivity index (χ1v) is 11.3. The van der Waals surface area contributed by atoms with Crippen molar-refractivity contribution in [3.05, 3.63) is 71.6 Å². The number of carbonyl (C=O) groups is 3. The number of esters is 1. The molecule has 5 rings (SSSR count). The van der Waals surface area contributed by atoms with Gasteiger partial charge in [-0.25, -0.2) is 9.78 Å². The molecule has 0 bridgehead atoms. The molecule has 0 N–H and O–H groups in total. The van der Waals surface area contributed by atoms with Crippen LogP contribution in [0.15, 0.2) is 59.0 Å². The van der Waals surface area contributed by atoms with Crippen molar-refractivity contribution in [3.63, 3.8) is 0 Å². The predicted molar refractivity (Wildman–Crippen MR) is 124 cm³/mol. The van der Waals surface area contributed by atoms with E-state index in [4.69, 9.17) is 9.15 Å². The lowest BCUT2D eigenvalue weighted by Gasteiger charge is -2.50. The number of hydrogen-bond donors (Lipinski definition) is 0. The van der Waals surface area contributed by atoms with Crippen molar-refractivity contribution < 1.29 is 23.5 Å². The zero-order valence-corrected chi connectivity index (χ0v) is 19.3. The fraction of sp³-hybridized carbons (Fsp3) is 0.308. The van der Waals surface area contributed by atoms with Crippen LogP contribution in [0.25, 0.3) is 11.5 Å². The Morgan fingerprint density at radius 2 is 1.82 bits per heavy atom. The largest absolute Gasteiger partial charge is 0.456 e. The van der Waals surface area contributed by atoms with E-state index < -0.39 is 11.6 Å². The fourth-order valence-corrected chi connectivity index (χ4v) is 4.89. The number of carbonyl (C=O) groups excluding carboxylic acids is 3. The van der Waals surface area contributed by atoms with Crippen LogP contribution < -0.4 is 4.90 Å². The molecule has 1 saturated heterocycles. The van der Waals surface area contributed by atoms with E-state index in [1.54, 1.807) is 31.2 Å². The van der Waals surface area contributed by atoms with Gasteiger partial charge >= 0.3 is 5.97 Å². The van der Waals surface area contributed by atoms with Crippen molar-refractivity contribution >= 4 is 23.5 Å². The summed E-state index contributed by atoms with van der Waals surface area (Å²) in [6.45, 7) is 5.28. The number of amides is 2. The van der Waals surface area contributed by atoms with Gasteiger partial charge in [0.25, 0.3) is 5.91 Å². The fourth-order valence-electron chi connectivity index (χ4n) is 4.89. The monoisotopic (exact) mass is 459 g/mol. The molecule has 8 heteroatoms. The third-order valence-corrected chi connectivity index (χ3v) is 6.40. The standard InChI is InChI=1S/C26H25N3O5/c1-16(2)28-24(31)19-11-7-8-12-21(19)29-22(30)13-14-26(28,29)25(32)33-15-20-17(3)34-23(27-20)18-9-5-4-6-10-18/h4-12,16H,13-15H2,1-3H3. The zero-order chi connectivity index (χ0) is 24.0. The summed E-state index contributed by atoms with van der Waals surface area (Å²) in [4.78, 5) is 47.6. The summed E-state index contributed by atoms with van der Waals surface area (Å²) >= 11 is 0. The first-order valence-electron chi connectivity index (χ1n) is 11.3. The lowest BCUT2D eigenvalue weighted by molar-refractivity contribution is -0.159. The van der Waals surface area contributed by atoms with Crippen LogP contribution in [0.3, 0.4) is 0 Å². The summed E-state index contributed by atoms with van der Waals surface area (Å²) in [6.07, 6.45) is 0.303. The molecular weight excluding hydrogens is 434 g/mol. The van der Waals surface area contributed by atoms with Gasteiger partial charge in [0.05, 0.1) is 11.3 Å². The highest BCUT2D eigenvalue weighted by molar-refractivity contribution is 6.15. The maximum Gasteiger partial charge on any atom is 0.354 e. The highest BCUT2D eigenvalue weighted by Crippen LogP contribution is 2.46. The molecule has 3 aromatic rings. The smallest absolute Gasteiger partial charge is 0.354 e. The Morgan fingerprint density at radius 1 is 1.12 bits per heavy atom. The SMILES string of the molecule is Cc1oc(-c2ccccc2)nc1COC(=O)C12CCC(=O)N1c1ccccc1C(=O)N2C(C)C. The molecule has 0 spiro atoms. The molecule has 1 aromatic heterocycles. The topological polar surface area (TPSA) is 93.0 Å². The van der Waals surface area contributed by atoms with Gasteiger partial charge in [0.15, 0.2) is 0 Å². The molecule has 3 heterocycles. The van der Waals surface area contributed by atoms with Crippen molar-refractivity contribution in [1.82, 2.24) is 9.88 Å².